The maximum atomic E-state index is 13.6. The van der Waals surface area contributed by atoms with E-state index in [4.69, 9.17) is 11.6 Å². The number of fused-ring (bicyclic) bond motifs is 2. The minimum atomic E-state index is -4.07. The normalized spacial score (nSPS) is 27.1. The number of hydrogen-bond donors (Lipinski definition) is 4. The van der Waals surface area contributed by atoms with Crippen LogP contribution in [0.4, 0.5) is 18.9 Å². The molecule has 202 valence electrons. The molecule has 2 aliphatic carbocycles. The van der Waals surface area contributed by atoms with Crippen LogP contribution in [0.5, 0.6) is 0 Å². The molecule has 2 bridgehead atoms. The molecule has 1 amide bonds. The first-order valence-electron chi connectivity index (χ1n) is 11.8. The number of carbonyl (C=O) groups is 1. The van der Waals surface area contributed by atoms with Gasteiger partial charge >= 0.3 is 0 Å². The van der Waals surface area contributed by atoms with Gasteiger partial charge in [0.15, 0.2) is 27.3 Å². The van der Waals surface area contributed by atoms with Crippen LogP contribution in [0.2, 0.25) is 5.02 Å². The van der Waals surface area contributed by atoms with Crippen molar-refractivity contribution in [2.75, 3.05) is 5.32 Å². The van der Waals surface area contributed by atoms with Crippen LogP contribution >= 0.6 is 11.6 Å². The fourth-order valence-corrected chi connectivity index (χ4v) is 7.98. The van der Waals surface area contributed by atoms with Crippen LogP contribution in [0.15, 0.2) is 35.2 Å². The number of anilines is 1. The molecule has 0 saturated heterocycles. The maximum Gasteiger partial charge on any atom is 0.255 e. The third-order valence-corrected chi connectivity index (χ3v) is 10.3. The molecule has 2 aromatic carbocycles. The maximum absolute atomic E-state index is 13.6. The summed E-state index contributed by atoms with van der Waals surface area (Å²) in [5.41, 5.74) is -1.81. The van der Waals surface area contributed by atoms with E-state index in [1.54, 1.807) is 0 Å². The minimum Gasteiger partial charge on any atom is -0.391 e. The van der Waals surface area contributed by atoms with E-state index in [0.717, 1.165) is 6.07 Å². The zero-order valence-electron chi connectivity index (χ0n) is 19.8. The Bertz CT molecular complexity index is 1280. The first-order chi connectivity index (χ1) is 17.2. The molecule has 2 aromatic rings. The summed E-state index contributed by atoms with van der Waals surface area (Å²) in [6, 6.07) is 4.73. The van der Waals surface area contributed by atoms with Gasteiger partial charge in [-0.05, 0) is 62.6 Å². The van der Waals surface area contributed by atoms with Gasteiger partial charge in [-0.2, -0.15) is 0 Å². The van der Waals surface area contributed by atoms with E-state index in [9.17, 15) is 41.7 Å². The quantitative estimate of drug-likeness (QED) is 0.381. The van der Waals surface area contributed by atoms with Gasteiger partial charge in [-0.3, -0.25) is 4.79 Å². The number of nitrogens with one attached hydrogen (secondary N) is 1. The highest BCUT2D eigenvalue weighted by Gasteiger charge is 2.56. The van der Waals surface area contributed by atoms with Crippen LogP contribution < -0.4 is 5.32 Å². The van der Waals surface area contributed by atoms with Crippen molar-refractivity contribution >= 4 is 33.0 Å². The number of sulfone groups is 1. The predicted octanol–water partition coefficient (Wildman–Crippen LogP) is 3.83. The number of amides is 1. The number of aliphatic hydroxyl groups excluding tert-OH is 2. The number of hydrogen-bond acceptors (Lipinski definition) is 6. The van der Waals surface area contributed by atoms with E-state index in [-0.39, 0.29) is 40.4 Å². The van der Waals surface area contributed by atoms with Gasteiger partial charge in [0.25, 0.3) is 5.91 Å². The SMILES string of the molecule is CC(O)C(O)C[C@@]1(O)C2CC[C@H]1C[C@H](S(=O)(=O)c1cc(C(=O)Nc3cc(F)c(F)c(F)c3)ccc1Cl)C2. The molecule has 2 fully saturated rings. The van der Waals surface area contributed by atoms with Crippen molar-refractivity contribution in [2.45, 2.75) is 67.0 Å². The lowest BCUT2D eigenvalue weighted by atomic mass is 9.71. The first-order valence-corrected chi connectivity index (χ1v) is 13.7. The molecule has 2 saturated carbocycles. The molecule has 0 aliphatic heterocycles. The topological polar surface area (TPSA) is 124 Å². The Morgan fingerprint density at radius 2 is 1.68 bits per heavy atom. The van der Waals surface area contributed by atoms with Gasteiger partial charge in [0.05, 0.1) is 33.0 Å². The summed E-state index contributed by atoms with van der Waals surface area (Å²) in [6.07, 6.45) is -0.880. The summed E-state index contributed by atoms with van der Waals surface area (Å²) in [5.74, 6) is -6.39. The summed E-state index contributed by atoms with van der Waals surface area (Å²) in [6.45, 7) is 1.42. The number of aliphatic hydroxyl groups is 3. The van der Waals surface area contributed by atoms with Crippen LogP contribution in [0.25, 0.3) is 0 Å². The minimum absolute atomic E-state index is 0.0618. The van der Waals surface area contributed by atoms with Gasteiger partial charge in [-0.1, -0.05) is 11.6 Å². The molecule has 7 nitrogen and oxygen atoms in total. The Balaban J connectivity index is 1.57. The Hall–Kier alpha value is -2.18. The van der Waals surface area contributed by atoms with Crippen molar-refractivity contribution in [3.05, 3.63) is 58.4 Å². The zero-order valence-corrected chi connectivity index (χ0v) is 21.4. The average molecular weight is 562 g/mol. The van der Waals surface area contributed by atoms with Crippen molar-refractivity contribution in [1.29, 1.82) is 0 Å². The van der Waals surface area contributed by atoms with Gasteiger partial charge in [0, 0.05) is 29.8 Å². The van der Waals surface area contributed by atoms with Crippen LogP contribution in [0.3, 0.4) is 0 Å². The molecule has 6 atom stereocenters. The first kappa shape index (κ1) is 27.8. The average Bonchev–Trinajstić information content (AvgIpc) is 2.98. The van der Waals surface area contributed by atoms with Crippen molar-refractivity contribution in [2.24, 2.45) is 11.8 Å². The van der Waals surface area contributed by atoms with Gasteiger partial charge in [0.2, 0.25) is 0 Å². The fraction of sp³-hybridized carbons (Fsp3) is 0.480. The molecular weight excluding hydrogens is 535 g/mol. The highest BCUT2D eigenvalue weighted by molar-refractivity contribution is 7.92. The van der Waals surface area contributed by atoms with Gasteiger partial charge in [0.1, 0.15) is 0 Å². The van der Waals surface area contributed by atoms with Crippen molar-refractivity contribution < 1.29 is 41.7 Å². The lowest BCUT2D eigenvalue weighted by molar-refractivity contribution is -0.106. The summed E-state index contributed by atoms with van der Waals surface area (Å²) < 4.78 is 67.4. The second kappa shape index (κ2) is 10.2. The van der Waals surface area contributed by atoms with E-state index in [0.29, 0.717) is 25.0 Å². The van der Waals surface area contributed by atoms with E-state index in [1.807, 2.05) is 0 Å². The second-order valence-corrected chi connectivity index (χ2v) is 12.6. The third-order valence-electron chi connectivity index (χ3n) is 7.65. The molecule has 0 spiro atoms. The summed E-state index contributed by atoms with van der Waals surface area (Å²) in [7, 11) is -4.07. The monoisotopic (exact) mass is 561 g/mol. The van der Waals surface area contributed by atoms with Gasteiger partial charge < -0.3 is 20.6 Å². The molecule has 0 heterocycles. The Morgan fingerprint density at radius 3 is 2.22 bits per heavy atom. The molecule has 12 heteroatoms. The largest absolute Gasteiger partial charge is 0.391 e. The summed E-state index contributed by atoms with van der Waals surface area (Å²) in [4.78, 5) is 12.4. The smallest absolute Gasteiger partial charge is 0.255 e. The zero-order chi connectivity index (χ0) is 27.3. The number of rotatable bonds is 7. The van der Waals surface area contributed by atoms with Crippen molar-refractivity contribution in [3.8, 4) is 0 Å². The third kappa shape index (κ3) is 5.24. The molecule has 0 aromatic heterocycles. The standard InChI is InChI=1S/C25H27ClF3NO6S/c1-12(31)21(32)11-25(34)14-3-4-15(25)8-17(7-14)37(35,36)22-6-13(2-5-18(22)26)24(33)30-16-9-19(27)23(29)20(28)10-16/h2,5-6,9-10,12,14-15,17,21,31-32,34H,3-4,7-8,11H2,1H3,(H,30,33)/t12?,14-,15?,17-,21?,25-/m0/s1. The van der Waals surface area contributed by atoms with Crippen molar-refractivity contribution in [1.82, 2.24) is 0 Å². The Morgan fingerprint density at radius 1 is 1.11 bits per heavy atom. The van der Waals surface area contributed by atoms with E-state index < -0.39 is 68.1 Å². The Labute approximate surface area is 217 Å². The molecule has 2 aliphatic rings. The van der Waals surface area contributed by atoms with Gasteiger partial charge in [-0.25, -0.2) is 21.6 Å². The molecular formula is C25H27ClF3NO6S. The van der Waals surface area contributed by atoms with Crippen LogP contribution in [-0.4, -0.2) is 52.7 Å². The van der Waals surface area contributed by atoms with E-state index in [1.165, 1.54) is 19.1 Å². The molecule has 4 N–H and O–H groups in total. The van der Waals surface area contributed by atoms with Crippen LogP contribution in [0.1, 0.15) is 49.4 Å². The highest BCUT2D eigenvalue weighted by Crippen LogP contribution is 2.54. The Kier molecular flexibility index (Phi) is 7.66. The van der Waals surface area contributed by atoms with E-state index >= 15 is 0 Å². The molecule has 0 radical (unpaired) electrons. The number of benzene rings is 2. The second-order valence-electron chi connectivity index (χ2n) is 9.97. The van der Waals surface area contributed by atoms with E-state index in [2.05, 4.69) is 5.32 Å². The molecule has 37 heavy (non-hydrogen) atoms. The highest BCUT2D eigenvalue weighted by atomic mass is 35.5. The number of carbonyl (C=O) groups excluding carboxylic acids is 1. The predicted molar refractivity (Wildman–Crippen MR) is 129 cm³/mol. The lowest BCUT2D eigenvalue weighted by Crippen LogP contribution is -2.51. The lowest BCUT2D eigenvalue weighted by Gasteiger charge is -2.43. The van der Waals surface area contributed by atoms with Gasteiger partial charge in [-0.15, -0.1) is 0 Å². The molecule has 3 unspecified atom stereocenters. The molecule has 4 rings (SSSR count). The fourth-order valence-electron chi connectivity index (χ4n) is 5.58. The summed E-state index contributed by atoms with van der Waals surface area (Å²) >= 11 is 6.21. The van der Waals surface area contributed by atoms with Crippen molar-refractivity contribution in [3.63, 3.8) is 0 Å². The van der Waals surface area contributed by atoms with Crippen LogP contribution in [-0.2, 0) is 9.84 Å². The summed E-state index contributed by atoms with van der Waals surface area (Å²) in [5, 5.41) is 32.3. The number of halogens is 4. The van der Waals surface area contributed by atoms with Crippen LogP contribution in [0, 0.1) is 29.3 Å².